The number of aromatic amines is 1. The highest BCUT2D eigenvalue weighted by atomic mass is 16.2. The van der Waals surface area contributed by atoms with Gasteiger partial charge in [-0.05, 0) is 37.5 Å². The molecule has 4 rings (SSSR count). The first-order chi connectivity index (χ1) is 12.4. The van der Waals surface area contributed by atoms with Gasteiger partial charge in [0.2, 0.25) is 5.96 Å². The molecular weight excluding hydrogens is 328 g/mol. The molecule has 1 amide bonds. The Kier molecular flexibility index (Phi) is 4.19. The van der Waals surface area contributed by atoms with Gasteiger partial charge in [-0.1, -0.05) is 6.07 Å². The van der Waals surface area contributed by atoms with Crippen molar-refractivity contribution in [1.82, 2.24) is 25.1 Å². The van der Waals surface area contributed by atoms with Crippen LogP contribution in [0.1, 0.15) is 24.2 Å². The molecule has 2 N–H and O–H groups in total. The summed E-state index contributed by atoms with van der Waals surface area (Å²) in [6.07, 6.45) is 2.43. The second-order valence-corrected chi connectivity index (χ2v) is 7.61. The average molecular weight is 354 g/mol. The molecule has 7 nitrogen and oxygen atoms in total. The molecule has 0 atom stereocenters. The van der Waals surface area contributed by atoms with Crippen molar-refractivity contribution in [3.05, 3.63) is 29.6 Å². The first-order valence-electron chi connectivity index (χ1n) is 9.21. The maximum Gasteiger partial charge on any atom is 0.254 e. The van der Waals surface area contributed by atoms with Gasteiger partial charge in [-0.15, -0.1) is 0 Å². The third-order valence-electron chi connectivity index (χ3n) is 5.43. The van der Waals surface area contributed by atoms with Crippen LogP contribution in [0.3, 0.4) is 0 Å². The number of aromatic nitrogens is 2. The molecule has 1 fully saturated rings. The summed E-state index contributed by atoms with van der Waals surface area (Å²) in [4.78, 5) is 29.4. The van der Waals surface area contributed by atoms with E-state index in [0.29, 0.717) is 5.96 Å². The second kappa shape index (κ2) is 6.39. The first kappa shape index (κ1) is 17.0. The summed E-state index contributed by atoms with van der Waals surface area (Å²) >= 11 is 0. The Balaban J connectivity index is 1.36. The van der Waals surface area contributed by atoms with Gasteiger partial charge in [0.15, 0.2) is 0 Å². The number of aliphatic imine (C=N–C) groups is 1. The third kappa shape index (κ3) is 3.07. The molecule has 7 heteroatoms. The maximum absolute atomic E-state index is 12.4. The Bertz CT molecular complexity index is 860. The van der Waals surface area contributed by atoms with E-state index in [4.69, 9.17) is 0 Å². The lowest BCUT2D eigenvalue weighted by Gasteiger charge is -2.35. The SMILES string of the molecule is Cc1ccc2nc(CCN3CCC4(CC3)N=C(N(C)C)NC4=O)[nH]c2c1. The van der Waals surface area contributed by atoms with E-state index in [-0.39, 0.29) is 5.91 Å². The van der Waals surface area contributed by atoms with Crippen molar-refractivity contribution in [3.8, 4) is 0 Å². The number of carbonyl (C=O) groups is 1. The molecule has 0 radical (unpaired) electrons. The van der Waals surface area contributed by atoms with E-state index in [1.165, 1.54) is 5.56 Å². The highest BCUT2D eigenvalue weighted by molar-refractivity contribution is 6.07. The molecule has 0 unspecified atom stereocenters. The predicted octanol–water partition coefficient (Wildman–Crippen LogP) is 1.30. The fourth-order valence-electron chi connectivity index (χ4n) is 3.76. The number of fused-ring (bicyclic) bond motifs is 1. The lowest BCUT2D eigenvalue weighted by atomic mass is 9.88. The monoisotopic (exact) mass is 354 g/mol. The van der Waals surface area contributed by atoms with Gasteiger partial charge in [-0.2, -0.15) is 0 Å². The molecule has 0 bridgehead atoms. The lowest BCUT2D eigenvalue weighted by molar-refractivity contribution is -0.125. The smallest absolute Gasteiger partial charge is 0.254 e. The molecule has 1 saturated heterocycles. The fourth-order valence-corrected chi connectivity index (χ4v) is 3.76. The number of hydrogen-bond donors (Lipinski definition) is 2. The molecule has 2 aliphatic rings. The van der Waals surface area contributed by atoms with Gasteiger partial charge in [0.05, 0.1) is 11.0 Å². The number of hydrogen-bond acceptors (Lipinski definition) is 5. The highest BCUT2D eigenvalue weighted by Gasteiger charge is 2.46. The number of likely N-dealkylation sites (tertiary alicyclic amines) is 1. The van der Waals surface area contributed by atoms with Crippen LogP contribution in [-0.4, -0.2) is 70.9 Å². The number of imidazole rings is 1. The van der Waals surface area contributed by atoms with E-state index >= 15 is 0 Å². The van der Waals surface area contributed by atoms with Crippen molar-refractivity contribution >= 4 is 22.9 Å². The maximum atomic E-state index is 12.4. The van der Waals surface area contributed by atoms with Crippen LogP contribution in [0, 0.1) is 6.92 Å². The summed E-state index contributed by atoms with van der Waals surface area (Å²) in [5.74, 6) is 1.76. The van der Waals surface area contributed by atoms with Crippen LogP contribution in [-0.2, 0) is 11.2 Å². The minimum atomic E-state index is -0.563. The molecule has 0 saturated carbocycles. The van der Waals surface area contributed by atoms with Crippen LogP contribution >= 0.6 is 0 Å². The molecular formula is C19H26N6O. The van der Waals surface area contributed by atoms with E-state index < -0.39 is 5.54 Å². The third-order valence-corrected chi connectivity index (χ3v) is 5.43. The molecule has 2 aromatic rings. The van der Waals surface area contributed by atoms with E-state index in [1.807, 2.05) is 19.0 Å². The molecule has 3 heterocycles. The standard InChI is InChI=1S/C19H26N6O/c1-13-4-5-14-15(12-13)21-16(20-14)6-9-25-10-7-19(8-11-25)17(26)22-18(23-19)24(2)3/h4-5,12H,6-11H2,1-3H3,(H,20,21)(H,22,23,26). The summed E-state index contributed by atoms with van der Waals surface area (Å²) in [7, 11) is 3.81. The van der Waals surface area contributed by atoms with Crippen molar-refractivity contribution < 1.29 is 4.79 Å². The van der Waals surface area contributed by atoms with Gasteiger partial charge in [0.1, 0.15) is 11.4 Å². The van der Waals surface area contributed by atoms with Crippen LogP contribution in [0.4, 0.5) is 0 Å². The largest absolute Gasteiger partial charge is 0.349 e. The Morgan fingerprint density at radius 3 is 2.73 bits per heavy atom. The summed E-state index contributed by atoms with van der Waals surface area (Å²) in [5.41, 5.74) is 2.80. The minimum absolute atomic E-state index is 0.0495. The molecule has 1 spiro atoms. The van der Waals surface area contributed by atoms with Gasteiger partial charge >= 0.3 is 0 Å². The predicted molar refractivity (Wildman–Crippen MR) is 102 cm³/mol. The zero-order chi connectivity index (χ0) is 18.3. The molecule has 138 valence electrons. The molecule has 2 aliphatic heterocycles. The Hall–Kier alpha value is -2.41. The van der Waals surface area contributed by atoms with Crippen LogP contribution in [0.2, 0.25) is 0 Å². The van der Waals surface area contributed by atoms with E-state index in [2.05, 4.69) is 50.3 Å². The van der Waals surface area contributed by atoms with E-state index in [1.54, 1.807) is 0 Å². The number of rotatable bonds is 3. The Morgan fingerprint density at radius 1 is 1.27 bits per heavy atom. The van der Waals surface area contributed by atoms with Crippen LogP contribution in [0.5, 0.6) is 0 Å². The first-order valence-corrected chi connectivity index (χ1v) is 9.21. The summed E-state index contributed by atoms with van der Waals surface area (Å²) in [6, 6.07) is 6.29. The van der Waals surface area contributed by atoms with E-state index in [0.717, 1.165) is 55.8 Å². The van der Waals surface area contributed by atoms with Crippen molar-refractivity contribution in [2.24, 2.45) is 4.99 Å². The number of guanidine groups is 1. The quantitative estimate of drug-likeness (QED) is 0.871. The average Bonchev–Trinajstić information content (AvgIpc) is 3.16. The number of piperidine rings is 1. The fraction of sp³-hybridized carbons (Fsp3) is 0.526. The number of aryl methyl sites for hydroxylation is 1. The number of nitrogens with one attached hydrogen (secondary N) is 2. The number of H-pyrrole nitrogens is 1. The number of carbonyl (C=O) groups excluding carboxylic acids is 1. The normalized spacial score (nSPS) is 19.8. The minimum Gasteiger partial charge on any atom is -0.349 e. The van der Waals surface area contributed by atoms with Crippen LogP contribution in [0.15, 0.2) is 23.2 Å². The van der Waals surface area contributed by atoms with Crippen LogP contribution < -0.4 is 5.32 Å². The van der Waals surface area contributed by atoms with E-state index in [9.17, 15) is 4.79 Å². The van der Waals surface area contributed by atoms with Crippen molar-refractivity contribution in [3.63, 3.8) is 0 Å². The summed E-state index contributed by atoms with van der Waals surface area (Å²) in [6.45, 7) is 4.81. The van der Waals surface area contributed by atoms with Gasteiger partial charge in [0, 0.05) is 40.2 Å². The Labute approximate surface area is 153 Å². The van der Waals surface area contributed by atoms with Crippen molar-refractivity contribution in [1.29, 1.82) is 0 Å². The lowest BCUT2D eigenvalue weighted by Crippen LogP contribution is -2.49. The molecule has 1 aromatic heterocycles. The number of nitrogens with zero attached hydrogens (tertiary/aromatic N) is 4. The van der Waals surface area contributed by atoms with Gasteiger partial charge in [0.25, 0.3) is 5.91 Å². The molecule has 0 aliphatic carbocycles. The van der Waals surface area contributed by atoms with Crippen molar-refractivity contribution in [2.45, 2.75) is 31.7 Å². The van der Waals surface area contributed by atoms with Gasteiger partial charge in [-0.3, -0.25) is 10.1 Å². The Morgan fingerprint density at radius 2 is 2.04 bits per heavy atom. The molecule has 26 heavy (non-hydrogen) atoms. The van der Waals surface area contributed by atoms with Crippen molar-refractivity contribution in [2.75, 3.05) is 33.7 Å². The number of amides is 1. The van der Waals surface area contributed by atoms with Gasteiger partial charge < -0.3 is 14.8 Å². The summed E-state index contributed by atoms with van der Waals surface area (Å²) < 4.78 is 0. The van der Waals surface area contributed by atoms with Gasteiger partial charge in [-0.25, -0.2) is 9.98 Å². The zero-order valence-electron chi connectivity index (χ0n) is 15.7. The number of benzene rings is 1. The second-order valence-electron chi connectivity index (χ2n) is 7.61. The molecule has 1 aromatic carbocycles. The topological polar surface area (TPSA) is 76.6 Å². The zero-order valence-corrected chi connectivity index (χ0v) is 15.7. The summed E-state index contributed by atoms with van der Waals surface area (Å²) in [5, 5.41) is 2.91. The highest BCUT2D eigenvalue weighted by Crippen LogP contribution is 2.30. The van der Waals surface area contributed by atoms with Crippen LogP contribution in [0.25, 0.3) is 11.0 Å².